The molecule has 2 aliphatic rings. The number of nitrogens with one attached hydrogen (secondary N) is 2. The monoisotopic (exact) mass is 342 g/mol. The van der Waals surface area contributed by atoms with E-state index in [1.807, 2.05) is 18.2 Å². The van der Waals surface area contributed by atoms with Gasteiger partial charge in [-0.05, 0) is 31.5 Å². The number of imidazole rings is 1. The smallest absolute Gasteiger partial charge is 0.323 e. The average molecular weight is 342 g/mol. The van der Waals surface area contributed by atoms with Crippen molar-refractivity contribution < 1.29 is 4.74 Å². The predicted octanol–water partition coefficient (Wildman–Crippen LogP) is 2.52. The number of aromatic nitrogens is 3. The van der Waals surface area contributed by atoms with E-state index in [0.717, 1.165) is 40.5 Å². The van der Waals surface area contributed by atoms with Crippen molar-refractivity contribution in [2.75, 3.05) is 19.7 Å². The molecule has 1 aromatic carbocycles. The van der Waals surface area contributed by atoms with Gasteiger partial charge in [-0.25, -0.2) is 9.78 Å². The van der Waals surface area contributed by atoms with Gasteiger partial charge < -0.3 is 14.7 Å². The Bertz CT molecular complexity index is 943. The van der Waals surface area contributed by atoms with E-state index in [1.54, 1.807) is 11.3 Å². The second kappa shape index (κ2) is 5.54. The average Bonchev–Trinajstić information content (AvgIpc) is 3.31. The molecule has 2 N–H and O–H groups in total. The lowest BCUT2D eigenvalue weighted by atomic mass is 10.1. The molecule has 124 valence electrons. The Hall–Kier alpha value is -1.96. The first-order chi connectivity index (χ1) is 11.8. The molecule has 0 saturated carbocycles. The van der Waals surface area contributed by atoms with Crippen molar-refractivity contribution in [3.05, 3.63) is 39.1 Å². The lowest BCUT2D eigenvalue weighted by molar-refractivity contribution is -0.0502. The van der Waals surface area contributed by atoms with Crippen molar-refractivity contribution in [1.82, 2.24) is 19.9 Å². The third-order valence-electron chi connectivity index (χ3n) is 5.00. The fraction of sp³-hybridized carbons (Fsp3) is 0.412. The summed E-state index contributed by atoms with van der Waals surface area (Å²) < 4.78 is 6.05. The SMILES string of the molecule is O=c1[nH]c2ccc(-c3csc([C@@H]4CN5CCC[C@@H]5CO4)n3)cc2[nH]1. The van der Waals surface area contributed by atoms with Crippen LogP contribution in [0.1, 0.15) is 24.0 Å². The Morgan fingerprint density at radius 2 is 2.21 bits per heavy atom. The van der Waals surface area contributed by atoms with Gasteiger partial charge in [0, 0.05) is 23.5 Å². The predicted molar refractivity (Wildman–Crippen MR) is 93.3 cm³/mol. The number of hydrogen-bond acceptors (Lipinski definition) is 5. The van der Waals surface area contributed by atoms with Crippen LogP contribution in [0, 0.1) is 0 Å². The fourth-order valence-electron chi connectivity index (χ4n) is 3.73. The maximum Gasteiger partial charge on any atom is 0.323 e. The zero-order valence-electron chi connectivity index (χ0n) is 13.1. The number of hydrogen-bond donors (Lipinski definition) is 2. The number of aromatic amines is 2. The molecule has 2 saturated heterocycles. The Labute approximate surface area is 142 Å². The fourth-order valence-corrected chi connectivity index (χ4v) is 4.59. The van der Waals surface area contributed by atoms with E-state index in [0.29, 0.717) is 6.04 Å². The summed E-state index contributed by atoms with van der Waals surface area (Å²) in [5.74, 6) is 0. The number of H-pyrrole nitrogens is 2. The molecule has 0 bridgehead atoms. The molecular formula is C17H18N4O2S. The Morgan fingerprint density at radius 3 is 3.17 bits per heavy atom. The molecule has 0 unspecified atom stereocenters. The maximum absolute atomic E-state index is 11.4. The van der Waals surface area contributed by atoms with Crippen LogP contribution in [0.2, 0.25) is 0 Å². The van der Waals surface area contributed by atoms with Crippen molar-refractivity contribution in [2.45, 2.75) is 25.0 Å². The van der Waals surface area contributed by atoms with Crippen LogP contribution < -0.4 is 5.69 Å². The molecule has 7 heteroatoms. The van der Waals surface area contributed by atoms with Crippen molar-refractivity contribution in [3.63, 3.8) is 0 Å². The maximum atomic E-state index is 11.4. The van der Waals surface area contributed by atoms with Gasteiger partial charge >= 0.3 is 5.69 Å². The molecule has 2 fully saturated rings. The Kier molecular flexibility index (Phi) is 3.32. The Morgan fingerprint density at radius 1 is 1.29 bits per heavy atom. The van der Waals surface area contributed by atoms with E-state index >= 15 is 0 Å². The van der Waals surface area contributed by atoms with Crippen LogP contribution in [0.4, 0.5) is 0 Å². The lowest BCUT2D eigenvalue weighted by Crippen LogP contribution is -2.42. The van der Waals surface area contributed by atoms with Crippen molar-refractivity contribution in [3.8, 4) is 11.3 Å². The third-order valence-corrected chi connectivity index (χ3v) is 5.94. The van der Waals surface area contributed by atoms with Gasteiger partial charge in [-0.15, -0.1) is 11.3 Å². The molecule has 3 aromatic rings. The van der Waals surface area contributed by atoms with Gasteiger partial charge in [0.05, 0.1) is 23.3 Å². The summed E-state index contributed by atoms with van der Waals surface area (Å²) in [6.45, 7) is 2.94. The van der Waals surface area contributed by atoms with Gasteiger partial charge in [0.15, 0.2) is 0 Å². The normalized spacial score (nSPS) is 24.5. The number of nitrogens with zero attached hydrogens (tertiary/aromatic N) is 2. The topological polar surface area (TPSA) is 74.0 Å². The van der Waals surface area contributed by atoms with Gasteiger partial charge in [-0.2, -0.15) is 0 Å². The molecule has 4 heterocycles. The van der Waals surface area contributed by atoms with E-state index in [1.165, 1.54) is 19.4 Å². The second-order valence-corrected chi connectivity index (χ2v) is 7.41. The standard InChI is InChI=1S/C17H18N4O2S/c22-17-19-12-4-3-10(6-13(12)20-17)14-9-24-16(18-14)15-7-21-5-1-2-11(21)8-23-15/h3-4,6,9,11,15H,1-2,5,7-8H2,(H2,19,20,22)/t11-,15+/m1/s1. The molecule has 5 rings (SSSR count). The number of benzene rings is 1. The molecule has 0 aliphatic carbocycles. The summed E-state index contributed by atoms with van der Waals surface area (Å²) in [6, 6.07) is 6.47. The number of fused-ring (bicyclic) bond motifs is 2. The summed E-state index contributed by atoms with van der Waals surface area (Å²) >= 11 is 1.65. The third kappa shape index (κ3) is 2.40. The number of ether oxygens (including phenoxy) is 1. The largest absolute Gasteiger partial charge is 0.368 e. The van der Waals surface area contributed by atoms with Gasteiger partial charge in [0.2, 0.25) is 0 Å². The summed E-state index contributed by atoms with van der Waals surface area (Å²) in [7, 11) is 0. The van der Waals surface area contributed by atoms with Crippen LogP contribution in [0.15, 0.2) is 28.4 Å². The molecule has 2 aliphatic heterocycles. The highest BCUT2D eigenvalue weighted by molar-refractivity contribution is 7.10. The van der Waals surface area contributed by atoms with Crippen LogP contribution in [0.3, 0.4) is 0 Å². The summed E-state index contributed by atoms with van der Waals surface area (Å²) in [4.78, 5) is 24.3. The highest BCUT2D eigenvalue weighted by atomic mass is 32.1. The Balaban J connectivity index is 1.42. The van der Waals surface area contributed by atoms with E-state index < -0.39 is 0 Å². The number of morpholine rings is 1. The highest BCUT2D eigenvalue weighted by Crippen LogP contribution is 2.33. The van der Waals surface area contributed by atoms with Gasteiger partial charge in [0.25, 0.3) is 0 Å². The first-order valence-corrected chi connectivity index (χ1v) is 9.18. The minimum absolute atomic E-state index is 0.0777. The second-order valence-electron chi connectivity index (χ2n) is 6.52. The first kappa shape index (κ1) is 14.4. The molecular weight excluding hydrogens is 324 g/mol. The molecule has 2 aromatic heterocycles. The quantitative estimate of drug-likeness (QED) is 0.750. The van der Waals surface area contributed by atoms with Crippen LogP contribution in [0.5, 0.6) is 0 Å². The first-order valence-electron chi connectivity index (χ1n) is 8.30. The van der Waals surface area contributed by atoms with Crippen molar-refractivity contribution in [1.29, 1.82) is 0 Å². The molecule has 2 atom stereocenters. The van der Waals surface area contributed by atoms with Crippen LogP contribution >= 0.6 is 11.3 Å². The van der Waals surface area contributed by atoms with Gasteiger partial charge in [-0.3, -0.25) is 4.90 Å². The summed E-state index contributed by atoms with van der Waals surface area (Å²) in [6.07, 6.45) is 2.61. The van der Waals surface area contributed by atoms with E-state index in [-0.39, 0.29) is 11.8 Å². The van der Waals surface area contributed by atoms with Crippen molar-refractivity contribution >= 4 is 22.4 Å². The zero-order valence-corrected chi connectivity index (χ0v) is 13.9. The lowest BCUT2D eigenvalue weighted by Gasteiger charge is -2.34. The molecule has 0 amide bonds. The number of rotatable bonds is 2. The molecule has 0 radical (unpaired) electrons. The van der Waals surface area contributed by atoms with Gasteiger partial charge in [-0.1, -0.05) is 6.07 Å². The summed E-state index contributed by atoms with van der Waals surface area (Å²) in [5.41, 5.74) is 3.38. The summed E-state index contributed by atoms with van der Waals surface area (Å²) in [5, 5.41) is 3.11. The van der Waals surface area contributed by atoms with E-state index in [2.05, 4.69) is 20.2 Å². The number of thiazole rings is 1. The molecule has 24 heavy (non-hydrogen) atoms. The minimum Gasteiger partial charge on any atom is -0.368 e. The zero-order chi connectivity index (χ0) is 16.1. The van der Waals surface area contributed by atoms with Crippen LogP contribution in [0.25, 0.3) is 22.3 Å². The van der Waals surface area contributed by atoms with Gasteiger partial charge in [0.1, 0.15) is 11.1 Å². The van der Waals surface area contributed by atoms with E-state index in [9.17, 15) is 4.79 Å². The van der Waals surface area contributed by atoms with E-state index in [4.69, 9.17) is 9.72 Å². The van der Waals surface area contributed by atoms with Crippen molar-refractivity contribution in [2.24, 2.45) is 0 Å². The minimum atomic E-state index is -0.183. The van der Waals surface area contributed by atoms with Crippen LogP contribution in [-0.2, 0) is 4.74 Å². The molecule has 6 nitrogen and oxygen atoms in total. The highest BCUT2D eigenvalue weighted by Gasteiger charge is 2.34. The molecule has 0 spiro atoms. The van der Waals surface area contributed by atoms with Crippen LogP contribution in [-0.4, -0.2) is 45.6 Å².